The molecule has 0 spiro atoms. The number of nitrogens with one attached hydrogen (secondary N) is 2. The van der Waals surface area contributed by atoms with Crippen LogP contribution in [0.2, 0.25) is 0 Å². The van der Waals surface area contributed by atoms with E-state index >= 15 is 0 Å². The van der Waals surface area contributed by atoms with Crippen molar-refractivity contribution in [2.24, 2.45) is 5.73 Å². The van der Waals surface area contributed by atoms with Gasteiger partial charge in [0.25, 0.3) is 5.91 Å². The van der Waals surface area contributed by atoms with E-state index in [1.54, 1.807) is 24.3 Å². The highest BCUT2D eigenvalue weighted by molar-refractivity contribution is 9.10. The summed E-state index contributed by atoms with van der Waals surface area (Å²) < 4.78 is 0.978. The van der Waals surface area contributed by atoms with Crippen LogP contribution < -0.4 is 16.4 Å². The first-order valence-corrected chi connectivity index (χ1v) is 7.03. The minimum Gasteiger partial charge on any atom is -0.366 e. The molecule has 6 heteroatoms. The molecule has 0 aliphatic rings. The van der Waals surface area contributed by atoms with Crippen molar-refractivity contribution < 1.29 is 9.59 Å². The lowest BCUT2D eigenvalue weighted by Gasteiger charge is -2.10. The van der Waals surface area contributed by atoms with E-state index in [1.165, 1.54) is 0 Å². The van der Waals surface area contributed by atoms with Gasteiger partial charge in [0, 0.05) is 11.0 Å². The molecule has 0 aliphatic carbocycles. The summed E-state index contributed by atoms with van der Waals surface area (Å²) in [6.45, 7) is 0.387. The van der Waals surface area contributed by atoms with E-state index < -0.39 is 11.9 Å². The Morgan fingerprint density at radius 2 is 1.71 bits per heavy atom. The lowest BCUT2D eigenvalue weighted by atomic mass is 10.1. The first-order chi connectivity index (χ1) is 10.1. The normalized spacial score (nSPS) is 9.95. The number of hydrogen-bond acceptors (Lipinski definition) is 2. The Morgan fingerprint density at radius 1 is 1.05 bits per heavy atom. The Kier molecular flexibility index (Phi) is 4.94. The Balaban J connectivity index is 1.96. The minimum absolute atomic E-state index is 0.274. The monoisotopic (exact) mass is 347 g/mol. The molecule has 0 aromatic heterocycles. The zero-order valence-corrected chi connectivity index (χ0v) is 12.7. The Bertz CT molecular complexity index is 656. The van der Waals surface area contributed by atoms with Gasteiger partial charge in [-0.15, -0.1) is 0 Å². The van der Waals surface area contributed by atoms with Gasteiger partial charge in [0.05, 0.1) is 11.3 Å². The second-order valence-electron chi connectivity index (χ2n) is 4.34. The second-order valence-corrected chi connectivity index (χ2v) is 5.26. The van der Waals surface area contributed by atoms with E-state index in [2.05, 4.69) is 26.6 Å². The third-order valence-electron chi connectivity index (χ3n) is 2.81. The number of para-hydroxylation sites is 1. The van der Waals surface area contributed by atoms with Crippen molar-refractivity contribution in [2.75, 3.05) is 5.32 Å². The van der Waals surface area contributed by atoms with Gasteiger partial charge in [-0.05, 0) is 29.8 Å². The zero-order valence-electron chi connectivity index (χ0n) is 11.1. The summed E-state index contributed by atoms with van der Waals surface area (Å²) in [6, 6.07) is 13.8. The van der Waals surface area contributed by atoms with Gasteiger partial charge in [-0.3, -0.25) is 4.79 Å². The molecule has 21 heavy (non-hydrogen) atoms. The maximum atomic E-state index is 11.8. The summed E-state index contributed by atoms with van der Waals surface area (Å²) >= 11 is 3.35. The molecule has 0 radical (unpaired) electrons. The number of primary amides is 1. The van der Waals surface area contributed by atoms with Gasteiger partial charge in [-0.1, -0.05) is 40.2 Å². The largest absolute Gasteiger partial charge is 0.366 e. The van der Waals surface area contributed by atoms with E-state index in [-0.39, 0.29) is 5.56 Å². The van der Waals surface area contributed by atoms with Crippen LogP contribution in [0.15, 0.2) is 53.0 Å². The number of hydrogen-bond donors (Lipinski definition) is 3. The predicted molar refractivity (Wildman–Crippen MR) is 85.0 cm³/mol. The molecule has 3 amide bonds. The third kappa shape index (κ3) is 4.32. The van der Waals surface area contributed by atoms with Crippen molar-refractivity contribution in [3.63, 3.8) is 0 Å². The molecule has 4 N–H and O–H groups in total. The molecule has 0 bridgehead atoms. The molecule has 0 saturated carbocycles. The molecule has 2 aromatic carbocycles. The molecule has 0 aliphatic heterocycles. The van der Waals surface area contributed by atoms with Gasteiger partial charge in [-0.2, -0.15) is 0 Å². The first kappa shape index (κ1) is 15.1. The summed E-state index contributed by atoms with van der Waals surface area (Å²) in [5.74, 6) is -0.584. The second kappa shape index (κ2) is 6.90. The Labute approximate surface area is 130 Å². The molecule has 2 aromatic rings. The fraction of sp³-hybridized carbons (Fsp3) is 0.0667. The minimum atomic E-state index is -0.584. The van der Waals surface area contributed by atoms with Crippen LogP contribution in [0.4, 0.5) is 10.5 Å². The SMILES string of the molecule is NC(=O)c1ccccc1NC(=O)NCc1ccc(Br)cc1. The van der Waals surface area contributed by atoms with Gasteiger partial charge in [-0.25, -0.2) is 4.79 Å². The average Bonchev–Trinajstić information content (AvgIpc) is 2.47. The lowest BCUT2D eigenvalue weighted by molar-refractivity contribution is 0.100. The summed E-state index contributed by atoms with van der Waals surface area (Å²) in [5, 5.41) is 5.33. The van der Waals surface area contributed by atoms with Gasteiger partial charge in [0.1, 0.15) is 0 Å². The number of urea groups is 1. The van der Waals surface area contributed by atoms with Crippen molar-refractivity contribution in [3.05, 3.63) is 64.1 Å². The zero-order chi connectivity index (χ0) is 15.2. The Hall–Kier alpha value is -2.34. The van der Waals surface area contributed by atoms with E-state index in [9.17, 15) is 9.59 Å². The van der Waals surface area contributed by atoms with Crippen LogP contribution in [0.1, 0.15) is 15.9 Å². The van der Waals surface area contributed by atoms with Crippen LogP contribution in [0.5, 0.6) is 0 Å². The first-order valence-electron chi connectivity index (χ1n) is 6.24. The number of carbonyl (C=O) groups is 2. The summed E-state index contributed by atoms with van der Waals surface area (Å²) in [4.78, 5) is 23.1. The molecular weight excluding hydrogens is 334 g/mol. The van der Waals surface area contributed by atoms with Crippen LogP contribution in [-0.4, -0.2) is 11.9 Å². The molecule has 0 atom stereocenters. The van der Waals surface area contributed by atoms with Crippen molar-refractivity contribution in [2.45, 2.75) is 6.54 Å². The smallest absolute Gasteiger partial charge is 0.319 e. The molecule has 2 rings (SSSR count). The number of benzene rings is 2. The number of anilines is 1. The predicted octanol–water partition coefficient (Wildman–Crippen LogP) is 2.87. The number of amides is 3. The van der Waals surface area contributed by atoms with Crippen molar-refractivity contribution in [1.29, 1.82) is 0 Å². The number of nitrogens with two attached hydrogens (primary N) is 1. The van der Waals surface area contributed by atoms with Crippen molar-refractivity contribution in [1.82, 2.24) is 5.32 Å². The summed E-state index contributed by atoms with van der Waals surface area (Å²) in [7, 11) is 0. The highest BCUT2D eigenvalue weighted by Crippen LogP contribution is 2.14. The van der Waals surface area contributed by atoms with E-state index in [0.29, 0.717) is 12.2 Å². The topological polar surface area (TPSA) is 84.2 Å². The maximum absolute atomic E-state index is 11.8. The summed E-state index contributed by atoms with van der Waals surface area (Å²) in [5.41, 5.74) is 6.89. The fourth-order valence-electron chi connectivity index (χ4n) is 1.76. The van der Waals surface area contributed by atoms with Gasteiger partial charge < -0.3 is 16.4 Å². The van der Waals surface area contributed by atoms with E-state index in [4.69, 9.17) is 5.73 Å². The number of carbonyl (C=O) groups excluding carboxylic acids is 2. The maximum Gasteiger partial charge on any atom is 0.319 e. The van der Waals surface area contributed by atoms with Gasteiger partial charge >= 0.3 is 6.03 Å². The highest BCUT2D eigenvalue weighted by Gasteiger charge is 2.09. The lowest BCUT2D eigenvalue weighted by Crippen LogP contribution is -2.29. The Morgan fingerprint density at radius 3 is 2.38 bits per heavy atom. The van der Waals surface area contributed by atoms with Gasteiger partial charge in [0.15, 0.2) is 0 Å². The van der Waals surface area contributed by atoms with Crippen LogP contribution in [-0.2, 0) is 6.54 Å². The molecule has 0 heterocycles. The van der Waals surface area contributed by atoms with Crippen LogP contribution in [0.25, 0.3) is 0 Å². The molecule has 108 valence electrons. The van der Waals surface area contributed by atoms with E-state index in [1.807, 2.05) is 24.3 Å². The molecular formula is C15H14BrN3O2. The summed E-state index contributed by atoms with van der Waals surface area (Å²) in [6.07, 6.45) is 0. The molecule has 0 saturated heterocycles. The number of rotatable bonds is 4. The quantitative estimate of drug-likeness (QED) is 0.794. The average molecular weight is 348 g/mol. The third-order valence-corrected chi connectivity index (χ3v) is 3.34. The fourth-order valence-corrected chi connectivity index (χ4v) is 2.02. The van der Waals surface area contributed by atoms with Crippen LogP contribution in [0.3, 0.4) is 0 Å². The molecule has 5 nitrogen and oxygen atoms in total. The molecule has 0 fully saturated rings. The van der Waals surface area contributed by atoms with E-state index in [0.717, 1.165) is 10.0 Å². The molecule has 0 unspecified atom stereocenters. The van der Waals surface area contributed by atoms with Crippen LogP contribution in [0, 0.1) is 0 Å². The van der Waals surface area contributed by atoms with Gasteiger partial charge in [0.2, 0.25) is 0 Å². The highest BCUT2D eigenvalue weighted by atomic mass is 79.9. The number of halogens is 1. The standard InChI is InChI=1S/C15H14BrN3O2/c16-11-7-5-10(6-8-11)9-18-15(21)19-13-4-2-1-3-12(13)14(17)20/h1-8H,9H2,(H2,17,20)(H2,18,19,21). The van der Waals surface area contributed by atoms with Crippen LogP contribution >= 0.6 is 15.9 Å². The van der Waals surface area contributed by atoms with Crippen molar-refractivity contribution >= 4 is 33.6 Å². The van der Waals surface area contributed by atoms with Crippen molar-refractivity contribution in [3.8, 4) is 0 Å².